The molecule has 0 N–H and O–H groups in total. The van der Waals surface area contributed by atoms with Crippen LogP contribution in [0, 0.1) is 0 Å². The Labute approximate surface area is 1510 Å². The quantitative estimate of drug-likeness (QED) is 0.212. The average molecular weight is 4910 g/mol. The fraction of sp³-hybridized carbons (Fsp3) is 0. The van der Waals surface area contributed by atoms with Crippen molar-refractivity contribution in [1.29, 1.82) is 0 Å². The first kappa shape index (κ1) is 2410. The summed E-state index contributed by atoms with van der Waals surface area (Å²) in [6.45, 7) is 0. The van der Waals surface area contributed by atoms with Gasteiger partial charge in [-0.15, -0.1) is 0 Å². The van der Waals surface area contributed by atoms with Crippen LogP contribution in [0.3, 0.4) is 0 Å². The van der Waals surface area contributed by atoms with Gasteiger partial charge in [-0.25, -0.2) is 0 Å². The van der Waals surface area contributed by atoms with Crippen LogP contribution in [0.2, 0.25) is 0 Å². The first-order chi connectivity index (χ1) is 0. The van der Waals surface area contributed by atoms with Crippen molar-refractivity contribution in [2.24, 2.45) is 0 Å². The van der Waals surface area contributed by atoms with Gasteiger partial charge in [0.1, 0.15) is 0 Å². The maximum Gasteiger partial charge on any atom is 2.00 e. The van der Waals surface area contributed by atoms with Gasteiger partial charge in [0.05, 0.1) is 0 Å². The van der Waals surface area contributed by atoms with Crippen LogP contribution in [0.15, 0.2) is 0 Å². The van der Waals surface area contributed by atoms with Gasteiger partial charge in [0.2, 0.25) is 0 Å². The average Bonchev–Trinajstić information content (AvgIpc) is 0. The smallest absolute Gasteiger partial charge is 1.00 e. The molecule has 20 radical (unpaired) electrons. The third kappa shape index (κ3) is 2340. The van der Waals surface area contributed by atoms with Crippen LogP contribution in [0.4, 0.5) is 0 Å². The molecule has 115 heteroatoms. The van der Waals surface area contributed by atoms with Crippen molar-refractivity contribution >= 4 is 239 Å². The van der Waals surface area contributed by atoms with Gasteiger partial charge in [0, 0.05) is 0 Å². The van der Waals surface area contributed by atoms with E-state index in [4.69, 9.17) is 0 Å². The Balaban J connectivity index is 0. The van der Waals surface area contributed by atoms with Gasteiger partial charge in [-0.3, -0.25) is 0 Å². The summed E-state index contributed by atoms with van der Waals surface area (Å²) in [6, 6.07) is 0. The van der Waals surface area contributed by atoms with Crippen LogP contribution >= 0.6 is 0 Å². The zero-order valence-corrected chi connectivity index (χ0v) is 153. The van der Waals surface area contributed by atoms with E-state index in [0.29, 0.717) is 0 Å². The molecule has 0 atom stereocenters. The molecule has 0 nitrogen and oxygen atoms in total. The fourth-order valence-electron chi connectivity index (χ4n) is 0. The van der Waals surface area contributed by atoms with E-state index in [9.17, 15) is 0 Å². The molecule has 115 heavy (non-hydrogen) atoms. The summed E-state index contributed by atoms with van der Waals surface area (Å²) in [4.78, 5) is 0. The summed E-state index contributed by atoms with van der Waals surface area (Å²) in [5, 5.41) is 0. The molecule has 0 aliphatic carbocycles. The van der Waals surface area contributed by atoms with E-state index in [0.717, 1.165) is 0 Å². The Morgan fingerprint density at radius 1 is 0.0174 bits per heavy atom. The number of hydrogen-bond donors (Lipinski definition) is 0. The molecular formula is Cl105Sn10-85. The van der Waals surface area contributed by atoms with Crippen molar-refractivity contribution in [3.05, 3.63) is 0 Å². The molecule has 0 heterocycles. The third-order valence-electron chi connectivity index (χ3n) is 0. The first-order valence-electron chi connectivity index (χ1n) is 0. The van der Waals surface area contributed by atoms with Crippen molar-refractivity contribution in [2.45, 2.75) is 0 Å². The molecule has 0 aliphatic rings. The number of rotatable bonds is 0. The molecule has 0 amide bonds. The minimum Gasteiger partial charge on any atom is -1.00 e. The molecule has 0 aliphatic heterocycles. The third-order valence-corrected chi connectivity index (χ3v) is 0. The summed E-state index contributed by atoms with van der Waals surface area (Å²) >= 11 is 0. The van der Waals surface area contributed by atoms with Crippen molar-refractivity contribution < 1.29 is 1300 Å². The molecule has 0 aromatic carbocycles. The van der Waals surface area contributed by atoms with Gasteiger partial charge in [0.15, 0.2) is 0 Å². The minimum atomic E-state index is 0. The van der Waals surface area contributed by atoms with Crippen molar-refractivity contribution in [3.63, 3.8) is 0 Å². The molecule has 0 spiro atoms. The monoisotopic (exact) mass is 4870 g/mol. The second-order valence-corrected chi connectivity index (χ2v) is 0. The summed E-state index contributed by atoms with van der Waals surface area (Å²) in [7, 11) is 0. The second kappa shape index (κ2) is 2370. The van der Waals surface area contributed by atoms with E-state index in [1.165, 1.54) is 0 Å². The van der Waals surface area contributed by atoms with Gasteiger partial charge in [0.25, 0.3) is 0 Å². The van der Waals surface area contributed by atoms with Gasteiger partial charge in [-0.2, -0.15) is 0 Å². The largest absolute Gasteiger partial charge is 2.00 e. The molecular weight excluding hydrogens is 4910 g/mol. The van der Waals surface area contributed by atoms with E-state index in [2.05, 4.69) is 0 Å². The van der Waals surface area contributed by atoms with Crippen LogP contribution in [0.1, 0.15) is 0 Å². The Morgan fingerprint density at radius 2 is 0.0174 bits per heavy atom. The number of halogens is 105. The van der Waals surface area contributed by atoms with Crippen molar-refractivity contribution in [1.82, 2.24) is 0 Å². The van der Waals surface area contributed by atoms with E-state index in [-0.39, 0.29) is 1540 Å². The Bertz CT molecular complexity index is 49.0. The minimum absolute atomic E-state index is 0. The van der Waals surface area contributed by atoms with Crippen LogP contribution in [-0.4, -0.2) is 239 Å². The molecule has 0 rings (SSSR count). The molecule has 860 valence electrons. The standard InChI is InChI=1S/105ClH.10Sn/h105*1H;;;;;;;;;;/q;;;;;;;;;;;;;;;;;;;;;;;;;;;;;;;;;;;;;;;;;;;;;;;;;;;;;;;;;;;;;;;;;;;;;;;;;;;;;;;;;;;;;;;;;;;;;;;;;;;;;;;;;10*+2/p-105. The van der Waals surface area contributed by atoms with Gasteiger partial charge < -0.3 is 1300 Å². The zero-order chi connectivity index (χ0) is 0. The van der Waals surface area contributed by atoms with Gasteiger partial charge in [-0.1, -0.05) is 0 Å². The maximum atomic E-state index is 0. The fourth-order valence-corrected chi connectivity index (χ4v) is 0. The summed E-state index contributed by atoms with van der Waals surface area (Å²) < 4.78 is 0. The van der Waals surface area contributed by atoms with Gasteiger partial charge >= 0.3 is 239 Å². The van der Waals surface area contributed by atoms with E-state index in [1.807, 2.05) is 0 Å². The van der Waals surface area contributed by atoms with E-state index in [1.54, 1.807) is 0 Å². The molecule has 0 saturated heterocycles. The normalized spacial score (nSPS) is 0. The predicted octanol–water partition coefficient (Wildman–Crippen LogP) is -318. The Kier molecular flexibility index (Phi) is 49700. The van der Waals surface area contributed by atoms with Crippen LogP contribution in [0.25, 0.3) is 0 Å². The predicted molar refractivity (Wildman–Crippen MR) is 57.5 cm³/mol. The van der Waals surface area contributed by atoms with Crippen LogP contribution in [0.5, 0.6) is 0 Å². The first-order valence-corrected chi connectivity index (χ1v) is 0. The van der Waals surface area contributed by atoms with Crippen molar-refractivity contribution in [2.75, 3.05) is 0 Å². The number of hydrogen-bond acceptors (Lipinski definition) is 0. The molecule has 0 aromatic rings. The Hall–Kier alpha value is 38.4. The van der Waals surface area contributed by atoms with Crippen molar-refractivity contribution in [3.8, 4) is 0 Å². The summed E-state index contributed by atoms with van der Waals surface area (Å²) in [5.41, 5.74) is 0. The topological polar surface area (TPSA) is 0 Å². The van der Waals surface area contributed by atoms with Crippen LogP contribution < -0.4 is 1300 Å². The Morgan fingerprint density at radius 3 is 0.0174 bits per heavy atom. The van der Waals surface area contributed by atoms with E-state index < -0.39 is 0 Å². The summed E-state index contributed by atoms with van der Waals surface area (Å²) in [6.07, 6.45) is 0. The molecule has 0 unspecified atom stereocenters. The molecule has 0 aromatic heterocycles. The van der Waals surface area contributed by atoms with E-state index >= 15 is 0 Å². The second-order valence-electron chi connectivity index (χ2n) is 0. The molecule has 0 fully saturated rings. The zero-order valence-electron chi connectivity index (χ0n) is 44.7. The van der Waals surface area contributed by atoms with Crippen LogP contribution in [-0.2, 0) is 0 Å². The maximum absolute atomic E-state index is 0. The summed E-state index contributed by atoms with van der Waals surface area (Å²) in [5.74, 6) is 0. The van der Waals surface area contributed by atoms with Gasteiger partial charge in [-0.05, 0) is 0 Å². The molecule has 0 bridgehead atoms. The SMILES string of the molecule is [Cl-].[Cl-].[Cl-].[Cl-].[Cl-].[Cl-].[Cl-].[Cl-].[Cl-].[Cl-].[Cl-].[Cl-].[Cl-].[Cl-].[Cl-].[Cl-].[Cl-].[Cl-].[Cl-].[Cl-].[Cl-].[Cl-].[Cl-].[Cl-].[Cl-].[Cl-].[Cl-].[Cl-].[Cl-].[Cl-].[Cl-].[Cl-].[Cl-].[Cl-].[Cl-].[Cl-].[Cl-].[Cl-].[Cl-].[Cl-].[Cl-].[Cl-].[Cl-].[Cl-].[Cl-].[Cl-].[Cl-].[Cl-].[Cl-].[Cl-].[Cl-].[Cl-].[Cl-].[Cl-].[Cl-].[Cl-].[Cl-].[Cl-].[Cl-].[Cl-].[Cl-].[Cl-].[Cl-].[Cl-].[Cl-].[Cl-].[Cl-].[Cl-].[Cl-].[Cl-].[Cl-].[Cl-].[Cl-].[Cl-].[Cl-].[Cl-].[Cl-].[Cl-].[Cl-].[Cl-].[Cl-].[Cl-].[Cl-].[Cl-].[Cl-].[Cl-].[Cl-].[Cl-].[Cl-].[Cl-].[Cl-].[Cl-].[Cl-].[Cl-].[Cl-].[Cl-].[Cl-].[Cl-].[Cl-].[Cl-].[Cl-].[Cl-].[Cl-].[Cl-].[Cl-].[Sn+2].[Sn+2].[Sn+2].[Sn+2].[Sn+2].[Sn+2].[Sn+2].[Sn+2].[Sn+2].[Sn+2]. The molecule has 0 saturated carbocycles.